The molecule has 0 saturated heterocycles. The Labute approximate surface area is 253 Å². The number of rotatable bonds is 1. The molecule has 4 aliphatic rings. The first kappa shape index (κ1) is 22.3. The molecule has 3 unspecified atom stereocenters. The minimum absolute atomic E-state index is 0.347. The number of fused-ring (bicyclic) bond motifs is 10. The first-order valence-electron chi connectivity index (χ1n) is 16.0. The topological polar surface area (TPSA) is 17.6 Å². The maximum atomic E-state index is 2.79. The predicted molar refractivity (Wildman–Crippen MR) is 174 cm³/mol. The molecule has 206 valence electrons. The van der Waals surface area contributed by atoms with Gasteiger partial charge in [0.1, 0.15) is 16.7 Å². The Morgan fingerprint density at radius 3 is 2.18 bits per heavy atom. The summed E-state index contributed by atoms with van der Waals surface area (Å²) in [5.74, 6) is 2.29. The fraction of sp³-hybridized carbons (Fsp3) is 0.150. The smallest absolute Gasteiger partial charge is 0.224 e. The second kappa shape index (κ2) is 7.28. The molecule has 44 heavy (non-hydrogen) atoms. The summed E-state index contributed by atoms with van der Waals surface area (Å²) < 4.78 is 10.7. The zero-order valence-corrected chi connectivity index (χ0v) is 24.1. The zero-order valence-electron chi connectivity index (χ0n) is 24.1. The SMILES string of the molecule is c1ccc(-c2ccc3c4c2-n2c5ccccc5c5ccc6[n+](c52)C4(C2CCCC32)[n+]2cccc3c4ccccc4n-6c32)cc1. The van der Waals surface area contributed by atoms with E-state index in [0.29, 0.717) is 11.8 Å². The lowest BCUT2D eigenvalue weighted by Crippen LogP contribution is -2.80. The van der Waals surface area contributed by atoms with Crippen LogP contribution in [0.3, 0.4) is 0 Å². The molecule has 2 aliphatic heterocycles. The van der Waals surface area contributed by atoms with Gasteiger partial charge < -0.3 is 0 Å². The monoisotopic (exact) mass is 564 g/mol. The molecule has 4 aromatic carbocycles. The molecule has 3 atom stereocenters. The molecule has 0 N–H and O–H groups in total. The lowest BCUT2D eigenvalue weighted by molar-refractivity contribution is -0.974. The highest BCUT2D eigenvalue weighted by molar-refractivity contribution is 6.09. The minimum atomic E-state index is -0.347. The van der Waals surface area contributed by atoms with Gasteiger partial charge in [0.2, 0.25) is 5.65 Å². The number of benzene rings is 4. The van der Waals surface area contributed by atoms with Crippen molar-refractivity contribution >= 4 is 43.9 Å². The number of hydrogen-bond acceptors (Lipinski definition) is 0. The van der Waals surface area contributed by atoms with E-state index in [0.717, 1.165) is 0 Å². The second-order valence-corrected chi connectivity index (χ2v) is 13.2. The first-order chi connectivity index (χ1) is 21.9. The minimum Gasteiger partial charge on any atom is -0.224 e. The Morgan fingerprint density at radius 1 is 0.614 bits per heavy atom. The van der Waals surface area contributed by atoms with Crippen LogP contribution < -0.4 is 9.13 Å². The van der Waals surface area contributed by atoms with E-state index in [1.807, 2.05) is 0 Å². The summed E-state index contributed by atoms with van der Waals surface area (Å²) in [6.45, 7) is 0. The van der Waals surface area contributed by atoms with Crippen LogP contribution in [0.15, 0.2) is 121 Å². The summed E-state index contributed by atoms with van der Waals surface area (Å²) in [5.41, 5.74) is 11.9. The van der Waals surface area contributed by atoms with Crippen LogP contribution in [0.5, 0.6) is 0 Å². The van der Waals surface area contributed by atoms with Crippen LogP contribution in [-0.2, 0) is 5.66 Å². The van der Waals surface area contributed by atoms with E-state index in [1.54, 1.807) is 5.56 Å². The lowest BCUT2D eigenvalue weighted by atomic mass is 9.84. The average molecular weight is 565 g/mol. The van der Waals surface area contributed by atoms with Crippen molar-refractivity contribution < 1.29 is 9.13 Å². The number of hydrogen-bond donors (Lipinski definition) is 0. The van der Waals surface area contributed by atoms with E-state index in [4.69, 9.17) is 0 Å². The van der Waals surface area contributed by atoms with Gasteiger partial charge in [0, 0.05) is 28.3 Å². The summed E-state index contributed by atoms with van der Waals surface area (Å²) >= 11 is 0. The Kier molecular flexibility index (Phi) is 3.70. The number of aromatic nitrogens is 4. The molecule has 4 aromatic heterocycles. The van der Waals surface area contributed by atoms with Crippen LogP contribution in [0, 0.1) is 5.92 Å². The van der Waals surface area contributed by atoms with Crippen LogP contribution in [0.25, 0.3) is 66.5 Å². The maximum absolute atomic E-state index is 2.79. The van der Waals surface area contributed by atoms with E-state index >= 15 is 0 Å². The third-order valence-corrected chi connectivity index (χ3v) is 11.6. The standard InChI is InChI=1S/C40H28N4/c1-2-10-24(11-3-1)25-19-20-29-26-14-8-16-32(26)40-36(29)37(25)43-34-18-7-5-13-28(34)31-21-22-35(44(40)39(31)43)42-33-17-6-4-12-27(33)30-15-9-23-41(40)38(30)42/h1-7,9-13,15,17-23,26,32H,8,14,16H2/q+2. The van der Waals surface area contributed by atoms with Crippen molar-refractivity contribution in [3.05, 3.63) is 133 Å². The molecule has 0 radical (unpaired) electrons. The van der Waals surface area contributed by atoms with E-state index in [1.165, 1.54) is 91.3 Å². The van der Waals surface area contributed by atoms with Crippen LogP contribution >= 0.6 is 0 Å². The van der Waals surface area contributed by atoms with Gasteiger partial charge in [-0.2, -0.15) is 13.7 Å². The number of para-hydroxylation sites is 2. The maximum Gasteiger partial charge on any atom is 0.300 e. The quantitative estimate of drug-likeness (QED) is 0.181. The Hall–Kier alpha value is -5.22. The highest BCUT2D eigenvalue weighted by Gasteiger charge is 2.68. The van der Waals surface area contributed by atoms with Crippen molar-refractivity contribution in [2.24, 2.45) is 5.92 Å². The van der Waals surface area contributed by atoms with Crippen LogP contribution in [0.2, 0.25) is 0 Å². The van der Waals surface area contributed by atoms with E-state index < -0.39 is 0 Å². The largest absolute Gasteiger partial charge is 0.300 e. The lowest BCUT2D eigenvalue weighted by Gasteiger charge is -2.40. The van der Waals surface area contributed by atoms with Crippen molar-refractivity contribution in [3.8, 4) is 22.6 Å². The zero-order chi connectivity index (χ0) is 28.3. The molecule has 2 aliphatic carbocycles. The van der Waals surface area contributed by atoms with Crippen molar-refractivity contribution in [3.63, 3.8) is 0 Å². The normalized spacial score (nSPS) is 21.9. The molecule has 0 amide bonds. The van der Waals surface area contributed by atoms with Crippen molar-refractivity contribution in [2.45, 2.75) is 30.8 Å². The summed E-state index contributed by atoms with van der Waals surface area (Å²) in [6, 6.07) is 43.5. The highest BCUT2D eigenvalue weighted by atomic mass is 15.4. The Bertz CT molecular complexity index is 2600. The fourth-order valence-electron chi connectivity index (χ4n) is 10.2. The number of nitrogens with zero attached hydrogens (tertiary/aromatic N) is 4. The molecule has 8 aromatic rings. The Balaban J connectivity index is 1.42. The van der Waals surface area contributed by atoms with Gasteiger partial charge in [-0.3, -0.25) is 0 Å². The van der Waals surface area contributed by atoms with Gasteiger partial charge >= 0.3 is 5.65 Å². The van der Waals surface area contributed by atoms with E-state index in [2.05, 4.69) is 140 Å². The second-order valence-electron chi connectivity index (χ2n) is 13.2. The van der Waals surface area contributed by atoms with Crippen LogP contribution in [0.1, 0.15) is 36.3 Å². The van der Waals surface area contributed by atoms with Gasteiger partial charge in [0.25, 0.3) is 11.5 Å². The van der Waals surface area contributed by atoms with Crippen LogP contribution in [-0.4, -0.2) is 9.13 Å². The van der Waals surface area contributed by atoms with Gasteiger partial charge in [-0.15, -0.1) is 0 Å². The molecular formula is C40H28N4+2. The number of pyridine rings is 2. The van der Waals surface area contributed by atoms with E-state index in [9.17, 15) is 0 Å². The molecule has 12 rings (SSSR count). The van der Waals surface area contributed by atoms with Gasteiger partial charge in [-0.25, -0.2) is 4.57 Å². The summed E-state index contributed by atoms with van der Waals surface area (Å²) in [6.07, 6.45) is 6.16. The van der Waals surface area contributed by atoms with Gasteiger partial charge in [-0.05, 0) is 66.3 Å². The summed E-state index contributed by atoms with van der Waals surface area (Å²) in [5, 5.41) is 5.30. The van der Waals surface area contributed by atoms with Gasteiger partial charge in [0.15, 0.2) is 0 Å². The summed E-state index contributed by atoms with van der Waals surface area (Å²) in [4.78, 5) is 0. The molecule has 1 spiro atoms. The van der Waals surface area contributed by atoms with Crippen molar-refractivity contribution in [2.75, 3.05) is 0 Å². The third-order valence-electron chi connectivity index (χ3n) is 11.6. The summed E-state index contributed by atoms with van der Waals surface area (Å²) in [7, 11) is 0. The molecule has 6 heterocycles. The molecule has 1 saturated carbocycles. The molecule has 0 bridgehead atoms. The first-order valence-corrected chi connectivity index (χ1v) is 16.0. The van der Waals surface area contributed by atoms with Crippen molar-refractivity contribution in [1.29, 1.82) is 0 Å². The molecule has 1 fully saturated rings. The fourth-order valence-corrected chi connectivity index (χ4v) is 10.2. The van der Waals surface area contributed by atoms with Gasteiger partial charge in [-0.1, -0.05) is 79.2 Å². The van der Waals surface area contributed by atoms with Crippen molar-refractivity contribution in [1.82, 2.24) is 9.13 Å². The van der Waals surface area contributed by atoms with Crippen LogP contribution in [0.4, 0.5) is 0 Å². The molecule has 4 heteroatoms. The predicted octanol–water partition coefficient (Wildman–Crippen LogP) is 7.90. The average Bonchev–Trinajstić information content (AvgIpc) is 3.84. The molecule has 4 nitrogen and oxygen atoms in total. The highest BCUT2D eigenvalue weighted by Crippen LogP contribution is 2.61. The van der Waals surface area contributed by atoms with Gasteiger partial charge in [0.05, 0.1) is 22.5 Å². The Morgan fingerprint density at radius 2 is 1.34 bits per heavy atom. The molecular weight excluding hydrogens is 536 g/mol. The third kappa shape index (κ3) is 2.19. The van der Waals surface area contributed by atoms with E-state index in [-0.39, 0.29) is 5.66 Å².